The topological polar surface area (TPSA) is 106 Å². The van der Waals surface area contributed by atoms with Crippen molar-refractivity contribution in [3.8, 4) is 5.75 Å². The third-order valence-electron chi connectivity index (χ3n) is 5.84. The number of rotatable bonds is 8. The summed E-state index contributed by atoms with van der Waals surface area (Å²) in [6.07, 6.45) is 3.15. The van der Waals surface area contributed by atoms with Gasteiger partial charge in [-0.3, -0.25) is 9.59 Å². The fourth-order valence-corrected chi connectivity index (χ4v) is 5.32. The number of aromatic nitrogens is 1. The minimum Gasteiger partial charge on any atom is -0.496 e. The van der Waals surface area contributed by atoms with Gasteiger partial charge >= 0.3 is 0 Å². The zero-order valence-corrected chi connectivity index (χ0v) is 20.3. The van der Waals surface area contributed by atoms with Crippen molar-refractivity contribution in [2.24, 2.45) is 7.05 Å². The van der Waals surface area contributed by atoms with Crippen molar-refractivity contribution in [3.63, 3.8) is 0 Å². The van der Waals surface area contributed by atoms with E-state index in [-0.39, 0.29) is 10.5 Å². The van der Waals surface area contributed by atoms with Gasteiger partial charge in [-0.1, -0.05) is 24.3 Å². The number of hydrogen-bond donors (Lipinski definition) is 2. The van der Waals surface area contributed by atoms with E-state index in [4.69, 9.17) is 4.74 Å². The maximum atomic E-state index is 12.8. The fraction of sp³-hybridized carbons (Fsp3) is 0.154. The van der Waals surface area contributed by atoms with Crippen LogP contribution < -0.4 is 14.8 Å². The molecular formula is C26H25N3O5S. The molecule has 0 aliphatic carbocycles. The second-order valence-electron chi connectivity index (χ2n) is 8.16. The molecule has 180 valence electrons. The molecule has 3 aromatic carbocycles. The Morgan fingerprint density at radius 1 is 1.06 bits per heavy atom. The van der Waals surface area contributed by atoms with Gasteiger partial charge < -0.3 is 14.6 Å². The summed E-state index contributed by atoms with van der Waals surface area (Å²) < 4.78 is 35.1. The van der Waals surface area contributed by atoms with Crippen LogP contribution >= 0.6 is 0 Å². The number of carbonyl (C=O) groups excluding carboxylic acids is 2. The van der Waals surface area contributed by atoms with Gasteiger partial charge in [-0.15, -0.1) is 0 Å². The predicted molar refractivity (Wildman–Crippen MR) is 134 cm³/mol. The maximum absolute atomic E-state index is 12.8. The van der Waals surface area contributed by atoms with Crippen LogP contribution in [0.15, 0.2) is 71.8 Å². The molecule has 35 heavy (non-hydrogen) atoms. The lowest BCUT2D eigenvalue weighted by molar-refractivity contribution is -0.105. The first-order valence-electron chi connectivity index (χ1n) is 10.8. The number of methoxy groups -OCH3 is 1. The standard InChI is InChI=1S/C26H25N3O5S/c1-17-6-4-5-7-25(17)35(32,33)28-26(31)19-9-8-18(24(13-19)34-3)12-20-15-29(2)23-11-10-21(27-16-30)14-22(20)23/h4-11,13-16H,12H2,1-3H3,(H,27,30)(H,28,31). The monoisotopic (exact) mass is 491 g/mol. The van der Waals surface area contributed by atoms with E-state index in [0.717, 1.165) is 22.0 Å². The average Bonchev–Trinajstić information content (AvgIpc) is 3.13. The summed E-state index contributed by atoms with van der Waals surface area (Å²) in [6, 6.07) is 17.0. The highest BCUT2D eigenvalue weighted by Crippen LogP contribution is 2.30. The van der Waals surface area contributed by atoms with Gasteiger partial charge in [0.1, 0.15) is 5.75 Å². The van der Waals surface area contributed by atoms with Crippen LogP contribution in [0.1, 0.15) is 27.0 Å². The Kier molecular flexibility index (Phi) is 6.61. The molecule has 0 unspecified atom stereocenters. The molecule has 0 atom stereocenters. The molecule has 4 rings (SSSR count). The molecule has 2 N–H and O–H groups in total. The molecule has 9 heteroatoms. The van der Waals surface area contributed by atoms with E-state index < -0.39 is 15.9 Å². The molecule has 2 amide bonds. The van der Waals surface area contributed by atoms with Crippen LogP contribution in [0.25, 0.3) is 10.9 Å². The highest BCUT2D eigenvalue weighted by Gasteiger charge is 2.21. The first-order valence-corrected chi connectivity index (χ1v) is 12.3. The van der Waals surface area contributed by atoms with Crippen LogP contribution in [0.3, 0.4) is 0 Å². The summed E-state index contributed by atoms with van der Waals surface area (Å²) >= 11 is 0. The Morgan fingerprint density at radius 3 is 2.54 bits per heavy atom. The number of anilines is 1. The van der Waals surface area contributed by atoms with Gasteiger partial charge in [0.15, 0.2) is 0 Å². The Balaban J connectivity index is 1.62. The van der Waals surface area contributed by atoms with Crippen LogP contribution in [0.5, 0.6) is 5.75 Å². The number of benzene rings is 3. The van der Waals surface area contributed by atoms with E-state index in [1.54, 1.807) is 37.3 Å². The number of aryl methyl sites for hydroxylation is 2. The summed E-state index contributed by atoms with van der Waals surface area (Å²) in [6.45, 7) is 1.67. The van der Waals surface area contributed by atoms with Crippen molar-refractivity contribution in [2.75, 3.05) is 12.4 Å². The number of amides is 2. The van der Waals surface area contributed by atoms with E-state index in [0.29, 0.717) is 29.8 Å². The smallest absolute Gasteiger partial charge is 0.265 e. The summed E-state index contributed by atoms with van der Waals surface area (Å²) in [4.78, 5) is 23.7. The molecule has 1 aromatic heterocycles. The van der Waals surface area contributed by atoms with Crippen molar-refractivity contribution in [2.45, 2.75) is 18.2 Å². The van der Waals surface area contributed by atoms with Crippen molar-refractivity contribution in [3.05, 3.63) is 89.1 Å². The number of carbonyl (C=O) groups is 2. The van der Waals surface area contributed by atoms with Gasteiger partial charge in [0.2, 0.25) is 6.41 Å². The third kappa shape index (κ3) is 4.90. The van der Waals surface area contributed by atoms with E-state index >= 15 is 0 Å². The van der Waals surface area contributed by atoms with Gasteiger partial charge in [0.25, 0.3) is 15.9 Å². The molecule has 4 aromatic rings. The second-order valence-corrected chi connectivity index (χ2v) is 9.81. The Morgan fingerprint density at radius 2 is 1.83 bits per heavy atom. The van der Waals surface area contributed by atoms with Gasteiger partial charge in [0.05, 0.1) is 12.0 Å². The van der Waals surface area contributed by atoms with Crippen molar-refractivity contribution < 1.29 is 22.7 Å². The van der Waals surface area contributed by atoms with Crippen LogP contribution in [0.4, 0.5) is 5.69 Å². The fourth-order valence-electron chi connectivity index (χ4n) is 4.10. The van der Waals surface area contributed by atoms with E-state index in [1.165, 1.54) is 19.2 Å². The zero-order chi connectivity index (χ0) is 25.2. The molecule has 0 aliphatic rings. The predicted octanol–water partition coefficient (Wildman–Crippen LogP) is 3.77. The molecule has 0 fully saturated rings. The van der Waals surface area contributed by atoms with Crippen molar-refractivity contribution >= 4 is 38.9 Å². The summed E-state index contributed by atoms with van der Waals surface area (Å²) in [5, 5.41) is 3.65. The molecule has 0 aliphatic heterocycles. The third-order valence-corrected chi connectivity index (χ3v) is 7.33. The molecule has 1 heterocycles. The Labute approximate surface area is 203 Å². The Bertz CT molecular complexity index is 1540. The van der Waals surface area contributed by atoms with Crippen molar-refractivity contribution in [1.29, 1.82) is 0 Å². The molecule has 0 saturated carbocycles. The Hall–Kier alpha value is -4.11. The lowest BCUT2D eigenvalue weighted by atomic mass is 10.0. The largest absolute Gasteiger partial charge is 0.496 e. The van der Waals surface area contributed by atoms with Gasteiger partial charge in [-0.25, -0.2) is 13.1 Å². The molecule has 0 radical (unpaired) electrons. The van der Waals surface area contributed by atoms with Crippen molar-refractivity contribution in [1.82, 2.24) is 9.29 Å². The first kappa shape index (κ1) is 24.0. The SMILES string of the molecule is COc1cc(C(=O)NS(=O)(=O)c2ccccc2C)ccc1Cc1cn(C)c2ccc(NC=O)cc12. The van der Waals surface area contributed by atoms with Gasteiger partial charge in [-0.05, 0) is 60.0 Å². The summed E-state index contributed by atoms with van der Waals surface area (Å²) in [5.41, 5.74) is 4.24. The number of sulfonamides is 1. The quantitative estimate of drug-likeness (QED) is 0.365. The normalized spacial score (nSPS) is 11.3. The van der Waals surface area contributed by atoms with Crippen LogP contribution in [0.2, 0.25) is 0 Å². The van der Waals surface area contributed by atoms with E-state index in [1.807, 2.05) is 36.0 Å². The van der Waals surface area contributed by atoms with Crippen LogP contribution in [-0.4, -0.2) is 32.4 Å². The van der Waals surface area contributed by atoms with Crippen LogP contribution in [0, 0.1) is 6.92 Å². The highest BCUT2D eigenvalue weighted by molar-refractivity contribution is 7.90. The van der Waals surface area contributed by atoms with Gasteiger partial charge in [0, 0.05) is 41.8 Å². The number of fused-ring (bicyclic) bond motifs is 1. The maximum Gasteiger partial charge on any atom is 0.265 e. The van der Waals surface area contributed by atoms with Crippen LogP contribution in [-0.2, 0) is 28.3 Å². The lowest BCUT2D eigenvalue weighted by Gasteiger charge is -2.12. The average molecular weight is 492 g/mol. The number of nitrogens with zero attached hydrogens (tertiary/aromatic N) is 1. The molecule has 0 bridgehead atoms. The number of hydrogen-bond acceptors (Lipinski definition) is 5. The molecular weight excluding hydrogens is 466 g/mol. The van der Waals surface area contributed by atoms with E-state index in [2.05, 4.69) is 10.0 Å². The molecule has 0 saturated heterocycles. The highest BCUT2D eigenvalue weighted by atomic mass is 32.2. The molecule has 8 nitrogen and oxygen atoms in total. The van der Waals surface area contributed by atoms with Gasteiger partial charge in [-0.2, -0.15) is 0 Å². The zero-order valence-electron chi connectivity index (χ0n) is 19.5. The minimum absolute atomic E-state index is 0.0522. The van der Waals surface area contributed by atoms with E-state index in [9.17, 15) is 18.0 Å². The minimum atomic E-state index is -4.02. The summed E-state index contributed by atoms with van der Waals surface area (Å²) in [5.74, 6) is -0.280. The number of nitrogens with one attached hydrogen (secondary N) is 2. The second kappa shape index (κ2) is 9.63. The first-order chi connectivity index (χ1) is 16.7. The lowest BCUT2D eigenvalue weighted by Crippen LogP contribution is -2.31. The summed E-state index contributed by atoms with van der Waals surface area (Å²) in [7, 11) is -0.578. The number of ether oxygens (including phenoxy) is 1. The molecule has 0 spiro atoms.